The highest BCUT2D eigenvalue weighted by Gasteiger charge is 2.32. The number of pyridine rings is 1. The van der Waals surface area contributed by atoms with Gasteiger partial charge in [0.25, 0.3) is 0 Å². The van der Waals surface area contributed by atoms with Crippen molar-refractivity contribution in [1.82, 2.24) is 4.98 Å². The summed E-state index contributed by atoms with van der Waals surface area (Å²) in [5.74, 6) is -0.244. The van der Waals surface area contributed by atoms with Gasteiger partial charge in [0.15, 0.2) is 14.9 Å². The van der Waals surface area contributed by atoms with Crippen LogP contribution in [0.2, 0.25) is 0 Å². The number of anilines is 1. The molecule has 2 aromatic rings. The summed E-state index contributed by atoms with van der Waals surface area (Å²) in [5.41, 5.74) is 1.88. The van der Waals surface area contributed by atoms with E-state index < -0.39 is 14.6 Å². The minimum atomic E-state index is -3.44. The lowest BCUT2D eigenvalue weighted by Crippen LogP contribution is -2.37. The van der Waals surface area contributed by atoms with Crippen LogP contribution < -0.4 is 4.90 Å². The van der Waals surface area contributed by atoms with E-state index in [0.29, 0.717) is 6.61 Å². The highest BCUT2D eigenvalue weighted by atomic mass is 32.2. The minimum absolute atomic E-state index is 0.112. The van der Waals surface area contributed by atoms with Crippen molar-refractivity contribution in [3.8, 4) is 0 Å². The van der Waals surface area contributed by atoms with Crippen molar-refractivity contribution in [2.45, 2.75) is 56.1 Å². The zero-order valence-electron chi connectivity index (χ0n) is 16.6. The molecule has 152 valence electrons. The molecule has 0 bridgehead atoms. The van der Waals surface area contributed by atoms with Gasteiger partial charge in [-0.3, -0.25) is 0 Å². The third-order valence-electron chi connectivity index (χ3n) is 5.01. The van der Waals surface area contributed by atoms with Gasteiger partial charge in [0.2, 0.25) is 0 Å². The van der Waals surface area contributed by atoms with E-state index in [-0.39, 0.29) is 16.9 Å². The van der Waals surface area contributed by atoms with Crippen LogP contribution in [0.1, 0.15) is 39.2 Å². The Kier molecular flexibility index (Phi) is 6.05. The average molecular weight is 407 g/mol. The summed E-state index contributed by atoms with van der Waals surface area (Å²) in [7, 11) is -3.44. The first-order valence-electron chi connectivity index (χ1n) is 9.48. The maximum absolute atomic E-state index is 12.9. The number of ether oxygens (including phenoxy) is 1. The summed E-state index contributed by atoms with van der Waals surface area (Å²) < 4.78 is 43.0. The predicted molar refractivity (Wildman–Crippen MR) is 108 cm³/mol. The van der Waals surface area contributed by atoms with Crippen LogP contribution in [0.4, 0.5) is 10.1 Å². The van der Waals surface area contributed by atoms with Crippen LogP contribution in [0.15, 0.2) is 47.6 Å². The number of benzene rings is 1. The summed E-state index contributed by atoms with van der Waals surface area (Å²) in [6.45, 7) is 7.14. The van der Waals surface area contributed by atoms with Crippen molar-refractivity contribution in [2.75, 3.05) is 18.0 Å². The van der Waals surface area contributed by atoms with Crippen molar-refractivity contribution in [3.05, 3.63) is 54.0 Å². The van der Waals surface area contributed by atoms with Crippen LogP contribution in [-0.4, -0.2) is 37.3 Å². The largest absolute Gasteiger partial charge is 0.373 e. The molecule has 7 heteroatoms. The van der Waals surface area contributed by atoms with E-state index in [4.69, 9.17) is 4.74 Å². The molecule has 0 unspecified atom stereocenters. The molecule has 2 heterocycles. The van der Waals surface area contributed by atoms with Crippen LogP contribution >= 0.6 is 0 Å². The molecule has 0 spiro atoms. The van der Waals surface area contributed by atoms with Crippen LogP contribution in [0, 0.1) is 5.82 Å². The molecular formula is C21H27FN2O3S. The van der Waals surface area contributed by atoms with Gasteiger partial charge in [-0.2, -0.15) is 0 Å². The standard InChI is InChI=1S/C21H27FN2O3S/c1-21(2,3)28(25,26)20-9-8-18(14-23-20)24-12-10-19(11-13-24)27-15-16-4-6-17(22)7-5-16/h4-9,14,19H,10-13,15H2,1-3H3. The normalized spacial score (nSPS) is 16.4. The predicted octanol–water partition coefficient (Wildman–Crippen LogP) is 3.98. The Balaban J connectivity index is 1.54. The number of aromatic nitrogens is 1. The molecule has 1 aliphatic rings. The lowest BCUT2D eigenvalue weighted by molar-refractivity contribution is 0.0251. The van der Waals surface area contributed by atoms with Gasteiger partial charge in [-0.25, -0.2) is 17.8 Å². The van der Waals surface area contributed by atoms with E-state index in [1.165, 1.54) is 12.1 Å². The first-order chi connectivity index (χ1) is 13.2. The number of hydrogen-bond acceptors (Lipinski definition) is 5. The molecule has 0 radical (unpaired) electrons. The van der Waals surface area contributed by atoms with Crippen molar-refractivity contribution in [2.24, 2.45) is 0 Å². The Labute approximate surface area is 166 Å². The van der Waals surface area contributed by atoms with Gasteiger partial charge in [0.05, 0.1) is 29.3 Å². The number of piperidine rings is 1. The third-order valence-corrected chi connectivity index (χ3v) is 7.41. The molecule has 0 atom stereocenters. The number of halogens is 1. The van der Waals surface area contributed by atoms with Gasteiger partial charge >= 0.3 is 0 Å². The van der Waals surface area contributed by atoms with Crippen molar-refractivity contribution in [3.63, 3.8) is 0 Å². The molecule has 5 nitrogen and oxygen atoms in total. The van der Waals surface area contributed by atoms with Gasteiger partial charge in [-0.1, -0.05) is 12.1 Å². The van der Waals surface area contributed by atoms with E-state index in [9.17, 15) is 12.8 Å². The maximum atomic E-state index is 12.9. The van der Waals surface area contributed by atoms with E-state index in [1.54, 1.807) is 45.2 Å². The summed E-state index contributed by atoms with van der Waals surface area (Å²) in [5, 5.41) is 0.112. The van der Waals surface area contributed by atoms with Gasteiger partial charge < -0.3 is 9.64 Å². The zero-order valence-corrected chi connectivity index (χ0v) is 17.4. The van der Waals surface area contributed by atoms with E-state index in [1.807, 2.05) is 6.07 Å². The van der Waals surface area contributed by atoms with E-state index in [2.05, 4.69) is 9.88 Å². The minimum Gasteiger partial charge on any atom is -0.373 e. The smallest absolute Gasteiger partial charge is 0.200 e. The maximum Gasteiger partial charge on any atom is 0.200 e. The van der Waals surface area contributed by atoms with Crippen molar-refractivity contribution in [1.29, 1.82) is 0 Å². The van der Waals surface area contributed by atoms with Gasteiger partial charge in [0, 0.05) is 13.1 Å². The van der Waals surface area contributed by atoms with Gasteiger partial charge in [-0.05, 0) is 63.4 Å². The molecule has 0 aliphatic carbocycles. The first-order valence-corrected chi connectivity index (χ1v) is 11.0. The summed E-state index contributed by atoms with van der Waals surface area (Å²) in [4.78, 5) is 6.40. The third kappa shape index (κ3) is 4.70. The average Bonchev–Trinajstić information content (AvgIpc) is 2.67. The van der Waals surface area contributed by atoms with Crippen LogP contribution in [0.25, 0.3) is 0 Å². The van der Waals surface area contributed by atoms with Crippen molar-refractivity contribution >= 4 is 15.5 Å². The quantitative estimate of drug-likeness (QED) is 0.752. The number of rotatable bonds is 5. The summed E-state index contributed by atoms with van der Waals surface area (Å²) >= 11 is 0. The molecule has 1 aromatic heterocycles. The molecular weight excluding hydrogens is 379 g/mol. The molecule has 0 amide bonds. The lowest BCUT2D eigenvalue weighted by atomic mass is 10.1. The number of nitrogens with zero attached hydrogens (tertiary/aromatic N) is 2. The van der Waals surface area contributed by atoms with Gasteiger partial charge in [0.1, 0.15) is 5.82 Å². The summed E-state index contributed by atoms with van der Waals surface area (Å²) in [6, 6.07) is 9.78. The molecule has 28 heavy (non-hydrogen) atoms. The highest BCUT2D eigenvalue weighted by molar-refractivity contribution is 7.92. The zero-order chi connectivity index (χ0) is 20.4. The second kappa shape index (κ2) is 8.17. The molecule has 3 rings (SSSR count). The van der Waals surface area contributed by atoms with Crippen LogP contribution in [-0.2, 0) is 21.2 Å². The Morgan fingerprint density at radius 3 is 2.29 bits per heavy atom. The lowest BCUT2D eigenvalue weighted by Gasteiger charge is -2.33. The van der Waals surface area contributed by atoms with E-state index in [0.717, 1.165) is 37.2 Å². The molecule has 1 aliphatic heterocycles. The Bertz CT molecular complexity index is 883. The fraction of sp³-hybridized carbons (Fsp3) is 0.476. The fourth-order valence-electron chi connectivity index (χ4n) is 3.11. The van der Waals surface area contributed by atoms with Gasteiger partial charge in [-0.15, -0.1) is 0 Å². The molecule has 1 saturated heterocycles. The molecule has 0 N–H and O–H groups in total. The van der Waals surface area contributed by atoms with Crippen molar-refractivity contribution < 1.29 is 17.5 Å². The second-order valence-electron chi connectivity index (χ2n) is 8.09. The number of hydrogen-bond donors (Lipinski definition) is 0. The summed E-state index contributed by atoms with van der Waals surface area (Å²) in [6.07, 6.45) is 3.56. The van der Waals surface area contributed by atoms with Crippen LogP contribution in [0.3, 0.4) is 0 Å². The van der Waals surface area contributed by atoms with Crippen LogP contribution in [0.5, 0.6) is 0 Å². The molecule has 1 aromatic carbocycles. The highest BCUT2D eigenvalue weighted by Crippen LogP contribution is 2.26. The molecule has 1 fully saturated rings. The second-order valence-corrected chi connectivity index (χ2v) is 10.7. The Hall–Kier alpha value is -1.99. The monoisotopic (exact) mass is 406 g/mol. The first kappa shape index (κ1) is 20.7. The Morgan fingerprint density at radius 1 is 1.11 bits per heavy atom. The molecule has 0 saturated carbocycles. The fourth-order valence-corrected chi connectivity index (χ4v) is 4.17. The SMILES string of the molecule is CC(C)(C)S(=O)(=O)c1ccc(N2CCC(OCc3ccc(F)cc3)CC2)cn1. The topological polar surface area (TPSA) is 59.5 Å². The number of sulfone groups is 1. The van der Waals surface area contributed by atoms with E-state index >= 15 is 0 Å². The Morgan fingerprint density at radius 2 is 1.75 bits per heavy atom.